The largest absolute Gasteiger partial charge is 0.508 e. The predicted octanol–water partition coefficient (Wildman–Crippen LogP) is 5.79. The summed E-state index contributed by atoms with van der Waals surface area (Å²) in [7, 11) is 0. The Balaban J connectivity index is 1.89. The Hall–Kier alpha value is -3.59. The number of carboxylic acid groups (broad SMARTS) is 1. The molecule has 0 amide bonds. The van der Waals surface area contributed by atoms with Gasteiger partial charge in [-0.2, -0.15) is 0 Å². The van der Waals surface area contributed by atoms with Crippen molar-refractivity contribution in [2.45, 2.75) is 19.3 Å². The van der Waals surface area contributed by atoms with Crippen molar-refractivity contribution in [3.63, 3.8) is 0 Å². The molecule has 3 aromatic rings. The molecule has 0 saturated carbocycles. The van der Waals surface area contributed by atoms with Crippen LogP contribution in [0.1, 0.15) is 40.7 Å². The van der Waals surface area contributed by atoms with Gasteiger partial charge >= 0.3 is 5.97 Å². The Kier molecular flexibility index (Phi) is 5.30. The summed E-state index contributed by atoms with van der Waals surface area (Å²) in [4.78, 5) is 10.8. The van der Waals surface area contributed by atoms with E-state index in [9.17, 15) is 9.90 Å². The summed E-state index contributed by atoms with van der Waals surface area (Å²) in [6.07, 6.45) is 5.73. The molecule has 0 saturated heterocycles. The van der Waals surface area contributed by atoms with E-state index in [0.717, 1.165) is 42.0 Å². The van der Waals surface area contributed by atoms with Gasteiger partial charge in [0.25, 0.3) is 0 Å². The van der Waals surface area contributed by atoms with Crippen molar-refractivity contribution in [1.29, 1.82) is 0 Å². The van der Waals surface area contributed by atoms with Gasteiger partial charge in [-0.05, 0) is 76.4 Å². The second kappa shape index (κ2) is 8.19. The zero-order valence-corrected chi connectivity index (χ0v) is 16.0. The molecule has 0 radical (unpaired) electrons. The van der Waals surface area contributed by atoms with Gasteiger partial charge in [-0.25, -0.2) is 4.79 Å². The third-order valence-electron chi connectivity index (χ3n) is 5.27. The lowest BCUT2D eigenvalue weighted by atomic mass is 9.87. The molecule has 0 aromatic heterocycles. The monoisotopic (exact) mass is 382 g/mol. The standard InChI is InChI=1S/C26H22O3/c27-22-8-3-7-21(17-22)24-10-4-6-19-5-1-2-9-23(19)26(24)20-14-11-18(12-15-20)13-16-25(28)29/h1-3,5,7-9,11-17,27H,4,6,10H2,(H,28,29)/b16-13+. The highest BCUT2D eigenvalue weighted by Crippen LogP contribution is 2.40. The first-order valence-electron chi connectivity index (χ1n) is 9.74. The smallest absolute Gasteiger partial charge is 0.328 e. The van der Waals surface area contributed by atoms with Crippen LogP contribution in [0.3, 0.4) is 0 Å². The second-order valence-electron chi connectivity index (χ2n) is 7.21. The van der Waals surface area contributed by atoms with Crippen LogP contribution in [-0.2, 0) is 11.2 Å². The summed E-state index contributed by atoms with van der Waals surface area (Å²) < 4.78 is 0. The maximum atomic E-state index is 10.8. The molecule has 0 bridgehead atoms. The molecule has 1 aliphatic rings. The summed E-state index contributed by atoms with van der Waals surface area (Å²) in [5.74, 6) is -0.693. The molecule has 0 fully saturated rings. The van der Waals surface area contributed by atoms with Gasteiger partial charge in [0, 0.05) is 6.08 Å². The highest BCUT2D eigenvalue weighted by Gasteiger charge is 2.20. The minimum atomic E-state index is -0.958. The van der Waals surface area contributed by atoms with Gasteiger partial charge in [0.2, 0.25) is 0 Å². The number of carboxylic acids is 1. The Morgan fingerprint density at radius 3 is 2.41 bits per heavy atom. The number of phenolic OH excluding ortho intramolecular Hbond substituents is 1. The van der Waals surface area contributed by atoms with E-state index in [2.05, 4.69) is 24.3 Å². The number of carbonyl (C=O) groups is 1. The Morgan fingerprint density at radius 2 is 1.66 bits per heavy atom. The summed E-state index contributed by atoms with van der Waals surface area (Å²) >= 11 is 0. The average Bonchev–Trinajstić information content (AvgIpc) is 2.92. The van der Waals surface area contributed by atoms with Crippen LogP contribution in [-0.4, -0.2) is 16.2 Å². The quantitative estimate of drug-likeness (QED) is 0.562. The van der Waals surface area contributed by atoms with E-state index >= 15 is 0 Å². The zero-order valence-electron chi connectivity index (χ0n) is 16.0. The number of rotatable bonds is 4. The molecule has 0 aliphatic heterocycles. The highest BCUT2D eigenvalue weighted by molar-refractivity contribution is 6.00. The minimum Gasteiger partial charge on any atom is -0.508 e. The van der Waals surface area contributed by atoms with E-state index in [1.54, 1.807) is 12.1 Å². The number of fused-ring (bicyclic) bond motifs is 1. The first-order chi connectivity index (χ1) is 14.1. The number of phenols is 1. The van der Waals surface area contributed by atoms with E-state index in [4.69, 9.17) is 5.11 Å². The molecule has 0 atom stereocenters. The van der Waals surface area contributed by atoms with E-state index in [0.29, 0.717) is 0 Å². The van der Waals surface area contributed by atoms with Gasteiger partial charge in [0.15, 0.2) is 0 Å². The number of benzene rings is 3. The summed E-state index contributed by atoms with van der Waals surface area (Å²) in [5, 5.41) is 18.9. The van der Waals surface area contributed by atoms with E-state index in [-0.39, 0.29) is 5.75 Å². The van der Waals surface area contributed by atoms with Crippen molar-refractivity contribution in [2.75, 3.05) is 0 Å². The molecule has 4 rings (SSSR count). The van der Waals surface area contributed by atoms with Crippen LogP contribution in [0.25, 0.3) is 17.2 Å². The molecule has 0 spiro atoms. The lowest BCUT2D eigenvalue weighted by Gasteiger charge is -2.17. The molecule has 3 heteroatoms. The zero-order chi connectivity index (χ0) is 20.2. The van der Waals surface area contributed by atoms with E-state index in [1.807, 2.05) is 42.5 Å². The van der Waals surface area contributed by atoms with Gasteiger partial charge in [-0.15, -0.1) is 0 Å². The van der Waals surface area contributed by atoms with Crippen LogP contribution in [0.5, 0.6) is 5.75 Å². The van der Waals surface area contributed by atoms with Crippen molar-refractivity contribution in [3.05, 3.63) is 107 Å². The summed E-state index contributed by atoms with van der Waals surface area (Å²) in [6.45, 7) is 0. The number of aryl methyl sites for hydroxylation is 1. The molecule has 1 aliphatic carbocycles. The van der Waals surface area contributed by atoms with Crippen LogP contribution in [0, 0.1) is 0 Å². The summed E-state index contributed by atoms with van der Waals surface area (Å²) in [5.41, 5.74) is 7.91. The molecule has 0 heterocycles. The Morgan fingerprint density at radius 1 is 0.862 bits per heavy atom. The molecule has 0 unspecified atom stereocenters. The fourth-order valence-electron chi connectivity index (χ4n) is 3.97. The Labute approximate surface area is 170 Å². The number of allylic oxidation sites excluding steroid dienone is 1. The first-order valence-corrected chi connectivity index (χ1v) is 9.74. The second-order valence-corrected chi connectivity index (χ2v) is 7.21. The number of hydrogen-bond donors (Lipinski definition) is 2. The van der Waals surface area contributed by atoms with Crippen molar-refractivity contribution < 1.29 is 15.0 Å². The van der Waals surface area contributed by atoms with Crippen molar-refractivity contribution in [3.8, 4) is 5.75 Å². The molecule has 3 aromatic carbocycles. The van der Waals surface area contributed by atoms with E-state index in [1.165, 1.54) is 22.3 Å². The minimum absolute atomic E-state index is 0.265. The van der Waals surface area contributed by atoms with Crippen LogP contribution >= 0.6 is 0 Å². The molecular weight excluding hydrogens is 360 g/mol. The lowest BCUT2D eigenvalue weighted by molar-refractivity contribution is -0.131. The van der Waals surface area contributed by atoms with Crippen molar-refractivity contribution in [1.82, 2.24) is 0 Å². The number of aromatic hydroxyl groups is 1. The highest BCUT2D eigenvalue weighted by atomic mass is 16.4. The van der Waals surface area contributed by atoms with Gasteiger partial charge in [0.1, 0.15) is 5.75 Å². The fourth-order valence-corrected chi connectivity index (χ4v) is 3.97. The predicted molar refractivity (Wildman–Crippen MR) is 117 cm³/mol. The molecule has 3 nitrogen and oxygen atoms in total. The topological polar surface area (TPSA) is 57.5 Å². The maximum absolute atomic E-state index is 10.8. The van der Waals surface area contributed by atoms with Crippen molar-refractivity contribution >= 4 is 23.2 Å². The number of aliphatic carboxylic acids is 1. The molecule has 2 N–H and O–H groups in total. The fraction of sp³-hybridized carbons (Fsp3) is 0.115. The van der Waals surface area contributed by atoms with Crippen LogP contribution in [0.4, 0.5) is 0 Å². The Bertz CT molecular complexity index is 1100. The van der Waals surface area contributed by atoms with Gasteiger partial charge in [0.05, 0.1) is 0 Å². The summed E-state index contributed by atoms with van der Waals surface area (Å²) in [6, 6.07) is 23.9. The normalized spacial score (nSPS) is 13.9. The average molecular weight is 382 g/mol. The van der Waals surface area contributed by atoms with Gasteiger partial charge < -0.3 is 10.2 Å². The number of hydrogen-bond acceptors (Lipinski definition) is 2. The van der Waals surface area contributed by atoms with Gasteiger partial charge in [-0.3, -0.25) is 0 Å². The van der Waals surface area contributed by atoms with Crippen LogP contribution in [0.2, 0.25) is 0 Å². The lowest BCUT2D eigenvalue weighted by Crippen LogP contribution is -1.96. The molecular formula is C26H22O3. The third-order valence-corrected chi connectivity index (χ3v) is 5.27. The van der Waals surface area contributed by atoms with E-state index < -0.39 is 5.97 Å². The first kappa shape index (κ1) is 18.8. The molecule has 144 valence electrons. The maximum Gasteiger partial charge on any atom is 0.328 e. The molecule has 29 heavy (non-hydrogen) atoms. The van der Waals surface area contributed by atoms with Crippen molar-refractivity contribution in [2.24, 2.45) is 0 Å². The SMILES string of the molecule is O=C(O)/C=C/c1ccc(C2=C(c3cccc(O)c3)CCCc3ccccc32)cc1. The van der Waals surface area contributed by atoms with Crippen LogP contribution in [0.15, 0.2) is 78.9 Å². The third kappa shape index (κ3) is 4.14. The van der Waals surface area contributed by atoms with Gasteiger partial charge in [-0.1, -0.05) is 60.7 Å². The van der Waals surface area contributed by atoms with Crippen LogP contribution < -0.4 is 0 Å².